The molecule has 1 saturated carbocycles. The van der Waals surface area contributed by atoms with Gasteiger partial charge in [-0.2, -0.15) is 0 Å². The quantitative estimate of drug-likeness (QED) is 0.713. The Morgan fingerprint density at radius 1 is 1.24 bits per heavy atom. The molecule has 17 heavy (non-hydrogen) atoms. The molecule has 3 heteroatoms. The fourth-order valence-corrected chi connectivity index (χ4v) is 3.33. The second-order valence-electron chi connectivity index (χ2n) is 4.96. The van der Waals surface area contributed by atoms with Crippen molar-refractivity contribution in [2.24, 2.45) is 5.92 Å². The number of esters is 1. The smallest absolute Gasteiger partial charge is 0.314 e. The van der Waals surface area contributed by atoms with Crippen LogP contribution in [0, 0.1) is 5.92 Å². The zero-order chi connectivity index (χ0) is 11.8. The number of halogens is 1. The molecule has 0 radical (unpaired) electrons. The standard InChI is InChI=1S/C14H15ClO2/c15-10-5-3-4-9(8-10)13-11-6-1-2-7-12(11)17-14(13)16/h3-5,8,11-13H,1-2,6-7H2. The summed E-state index contributed by atoms with van der Waals surface area (Å²) in [6.45, 7) is 0. The lowest BCUT2D eigenvalue weighted by atomic mass is 9.77. The minimum atomic E-state index is -0.0981. The monoisotopic (exact) mass is 250 g/mol. The van der Waals surface area contributed by atoms with Crippen molar-refractivity contribution in [3.63, 3.8) is 0 Å². The van der Waals surface area contributed by atoms with Crippen molar-refractivity contribution < 1.29 is 9.53 Å². The Labute approximate surface area is 106 Å². The lowest BCUT2D eigenvalue weighted by Gasteiger charge is -2.25. The van der Waals surface area contributed by atoms with Crippen LogP contribution in [0.3, 0.4) is 0 Å². The number of hydrogen-bond acceptors (Lipinski definition) is 2. The number of fused-ring (bicyclic) bond motifs is 1. The van der Waals surface area contributed by atoms with Gasteiger partial charge in [0.15, 0.2) is 0 Å². The van der Waals surface area contributed by atoms with Gasteiger partial charge in [0.25, 0.3) is 0 Å². The molecule has 1 aliphatic carbocycles. The highest BCUT2D eigenvalue weighted by atomic mass is 35.5. The van der Waals surface area contributed by atoms with Crippen molar-refractivity contribution in [2.45, 2.75) is 37.7 Å². The van der Waals surface area contributed by atoms with Crippen molar-refractivity contribution in [3.8, 4) is 0 Å². The van der Waals surface area contributed by atoms with Crippen LogP contribution < -0.4 is 0 Å². The SMILES string of the molecule is O=C1OC2CCCCC2C1c1cccc(Cl)c1. The number of benzene rings is 1. The maximum absolute atomic E-state index is 12.0. The predicted octanol–water partition coefficient (Wildman–Crippen LogP) is 3.54. The van der Waals surface area contributed by atoms with E-state index in [0.29, 0.717) is 10.9 Å². The highest BCUT2D eigenvalue weighted by molar-refractivity contribution is 6.30. The van der Waals surface area contributed by atoms with Crippen LogP contribution in [0.1, 0.15) is 37.2 Å². The summed E-state index contributed by atoms with van der Waals surface area (Å²) in [6, 6.07) is 7.62. The summed E-state index contributed by atoms with van der Waals surface area (Å²) in [5, 5.41) is 0.689. The molecule has 1 heterocycles. The molecule has 0 amide bonds. The topological polar surface area (TPSA) is 26.3 Å². The van der Waals surface area contributed by atoms with Gasteiger partial charge in [-0.1, -0.05) is 30.2 Å². The van der Waals surface area contributed by atoms with Gasteiger partial charge in [0.05, 0.1) is 5.92 Å². The largest absolute Gasteiger partial charge is 0.462 e. The second-order valence-corrected chi connectivity index (χ2v) is 5.39. The minimum absolute atomic E-state index is 0.0656. The van der Waals surface area contributed by atoms with Gasteiger partial charge < -0.3 is 4.74 Å². The zero-order valence-corrected chi connectivity index (χ0v) is 10.3. The van der Waals surface area contributed by atoms with Crippen LogP contribution in [0.4, 0.5) is 0 Å². The number of rotatable bonds is 1. The summed E-state index contributed by atoms with van der Waals surface area (Å²) < 4.78 is 5.49. The molecule has 3 atom stereocenters. The third kappa shape index (κ3) is 1.95. The average Bonchev–Trinajstić information content (AvgIpc) is 2.64. The molecule has 0 bridgehead atoms. The van der Waals surface area contributed by atoms with Gasteiger partial charge in [0.2, 0.25) is 0 Å². The van der Waals surface area contributed by atoms with E-state index in [4.69, 9.17) is 16.3 Å². The lowest BCUT2D eigenvalue weighted by molar-refractivity contribution is -0.142. The molecule has 3 unspecified atom stereocenters. The number of carbonyl (C=O) groups excluding carboxylic acids is 1. The Hall–Kier alpha value is -1.02. The van der Waals surface area contributed by atoms with E-state index in [1.54, 1.807) is 0 Å². The van der Waals surface area contributed by atoms with Gasteiger partial charge in [0.1, 0.15) is 6.10 Å². The Kier molecular flexibility index (Phi) is 2.83. The van der Waals surface area contributed by atoms with Crippen LogP contribution in [0.5, 0.6) is 0 Å². The number of hydrogen-bond donors (Lipinski definition) is 0. The van der Waals surface area contributed by atoms with E-state index in [0.717, 1.165) is 18.4 Å². The van der Waals surface area contributed by atoms with Crippen molar-refractivity contribution in [1.29, 1.82) is 0 Å². The highest BCUT2D eigenvalue weighted by Crippen LogP contribution is 2.44. The third-order valence-corrected chi connectivity index (χ3v) is 4.15. The fraction of sp³-hybridized carbons (Fsp3) is 0.500. The van der Waals surface area contributed by atoms with E-state index in [1.807, 2.05) is 24.3 Å². The molecule has 0 N–H and O–H groups in total. The van der Waals surface area contributed by atoms with Gasteiger partial charge in [-0.15, -0.1) is 0 Å². The number of carbonyl (C=O) groups is 1. The molecule has 1 aromatic carbocycles. The van der Waals surface area contributed by atoms with Crippen molar-refractivity contribution in [2.75, 3.05) is 0 Å². The molecule has 2 nitrogen and oxygen atoms in total. The molecule has 90 valence electrons. The van der Waals surface area contributed by atoms with E-state index in [2.05, 4.69) is 0 Å². The van der Waals surface area contributed by atoms with E-state index >= 15 is 0 Å². The highest BCUT2D eigenvalue weighted by Gasteiger charge is 2.45. The molecule has 1 aliphatic heterocycles. The van der Waals surface area contributed by atoms with E-state index in [-0.39, 0.29) is 18.0 Å². The maximum Gasteiger partial charge on any atom is 0.314 e. The van der Waals surface area contributed by atoms with Crippen molar-refractivity contribution in [3.05, 3.63) is 34.9 Å². The summed E-state index contributed by atoms with van der Waals surface area (Å²) in [7, 11) is 0. The molecular weight excluding hydrogens is 236 g/mol. The summed E-state index contributed by atoms with van der Waals surface area (Å²) in [6.07, 6.45) is 4.63. The first-order valence-electron chi connectivity index (χ1n) is 6.21. The predicted molar refractivity (Wildman–Crippen MR) is 66.0 cm³/mol. The van der Waals surface area contributed by atoms with E-state index in [1.165, 1.54) is 12.8 Å². The summed E-state index contributed by atoms with van der Waals surface area (Å²) >= 11 is 5.99. The molecule has 3 rings (SSSR count). The Morgan fingerprint density at radius 3 is 2.88 bits per heavy atom. The molecule has 0 spiro atoms. The molecule has 2 aliphatic rings. The van der Waals surface area contributed by atoms with Crippen LogP contribution in [-0.2, 0) is 9.53 Å². The van der Waals surface area contributed by atoms with Crippen LogP contribution in [0.2, 0.25) is 5.02 Å². The first-order valence-corrected chi connectivity index (χ1v) is 6.59. The zero-order valence-electron chi connectivity index (χ0n) is 9.56. The molecule has 1 saturated heterocycles. The van der Waals surface area contributed by atoms with E-state index in [9.17, 15) is 4.79 Å². The second kappa shape index (κ2) is 4.34. The van der Waals surface area contributed by atoms with Crippen LogP contribution in [-0.4, -0.2) is 12.1 Å². The fourth-order valence-electron chi connectivity index (χ4n) is 3.13. The van der Waals surface area contributed by atoms with Gasteiger partial charge in [-0.3, -0.25) is 4.79 Å². The third-order valence-electron chi connectivity index (χ3n) is 3.91. The van der Waals surface area contributed by atoms with Crippen molar-refractivity contribution in [1.82, 2.24) is 0 Å². The summed E-state index contributed by atoms with van der Waals surface area (Å²) in [4.78, 5) is 12.0. The van der Waals surface area contributed by atoms with E-state index < -0.39 is 0 Å². The van der Waals surface area contributed by atoms with Crippen LogP contribution in [0.15, 0.2) is 24.3 Å². The molecule has 0 aromatic heterocycles. The maximum atomic E-state index is 12.0. The van der Waals surface area contributed by atoms with Gasteiger partial charge >= 0.3 is 5.97 Å². The normalized spacial score (nSPS) is 32.1. The average molecular weight is 251 g/mol. The summed E-state index contributed by atoms with van der Waals surface area (Å²) in [5.41, 5.74) is 1.01. The Morgan fingerprint density at radius 2 is 2.06 bits per heavy atom. The first-order chi connectivity index (χ1) is 8.25. The Bertz CT molecular complexity index is 444. The van der Waals surface area contributed by atoms with Crippen LogP contribution >= 0.6 is 11.6 Å². The molecular formula is C14H15ClO2. The summed E-state index contributed by atoms with van der Waals surface area (Å²) in [5.74, 6) is 0.192. The first kappa shape index (κ1) is 11.1. The Balaban J connectivity index is 1.93. The van der Waals surface area contributed by atoms with Gasteiger partial charge in [-0.25, -0.2) is 0 Å². The van der Waals surface area contributed by atoms with Crippen molar-refractivity contribution >= 4 is 17.6 Å². The lowest BCUT2D eigenvalue weighted by Crippen LogP contribution is -2.23. The molecule has 2 fully saturated rings. The minimum Gasteiger partial charge on any atom is -0.462 e. The molecule has 1 aromatic rings. The van der Waals surface area contributed by atoms with Crippen LogP contribution in [0.25, 0.3) is 0 Å². The van der Waals surface area contributed by atoms with Gasteiger partial charge in [0, 0.05) is 10.9 Å². The number of ether oxygens (including phenoxy) is 1. The van der Waals surface area contributed by atoms with Gasteiger partial charge in [-0.05, 0) is 37.0 Å².